The lowest BCUT2D eigenvalue weighted by Gasteiger charge is -2.16. The molecule has 1 N–H and O–H groups in total. The molecule has 0 aromatic heterocycles. The molecule has 0 saturated carbocycles. The van der Waals surface area contributed by atoms with E-state index in [2.05, 4.69) is 21.2 Å². The molecule has 0 radical (unpaired) electrons. The van der Waals surface area contributed by atoms with Gasteiger partial charge in [-0.25, -0.2) is 0 Å². The third-order valence-corrected chi connectivity index (χ3v) is 3.54. The van der Waals surface area contributed by atoms with Crippen LogP contribution >= 0.6 is 39.1 Å². The average Bonchev–Trinajstić information content (AvgIpc) is 2.38. The van der Waals surface area contributed by atoms with Crippen molar-refractivity contribution < 1.29 is 9.72 Å². The second-order valence-electron chi connectivity index (χ2n) is 3.79. The highest BCUT2D eigenvalue weighted by Gasteiger charge is 2.17. The van der Waals surface area contributed by atoms with E-state index in [4.69, 9.17) is 23.2 Å². The van der Waals surface area contributed by atoms with Crippen molar-refractivity contribution in [2.45, 2.75) is 17.3 Å². The zero-order valence-electron chi connectivity index (χ0n) is 9.68. The monoisotopic (exact) mass is 368 g/mol. The van der Waals surface area contributed by atoms with Crippen molar-refractivity contribution in [2.75, 3.05) is 5.33 Å². The van der Waals surface area contributed by atoms with E-state index in [1.165, 1.54) is 12.1 Å². The first-order valence-corrected chi connectivity index (χ1v) is 7.31. The van der Waals surface area contributed by atoms with Crippen LogP contribution in [0.4, 0.5) is 5.69 Å². The molecule has 0 spiro atoms. The largest absolute Gasteiger partial charge is 0.350 e. The van der Waals surface area contributed by atoms with Crippen LogP contribution in [-0.2, 0) is 11.2 Å². The van der Waals surface area contributed by atoms with Gasteiger partial charge in [0.05, 0.1) is 4.92 Å². The van der Waals surface area contributed by atoms with Crippen LogP contribution in [0.25, 0.3) is 0 Å². The number of carbonyl (C=O) groups is 1. The summed E-state index contributed by atoms with van der Waals surface area (Å²) in [6.45, 7) is 0. The van der Waals surface area contributed by atoms with Crippen LogP contribution in [0.1, 0.15) is 5.56 Å². The minimum atomic E-state index is -1.11. The fraction of sp³-hybridized carbons (Fsp3) is 0.364. The molecule has 5 nitrogen and oxygen atoms in total. The molecular weight excluding hydrogens is 359 g/mol. The molecule has 104 valence electrons. The molecule has 1 atom stereocenters. The van der Waals surface area contributed by atoms with Gasteiger partial charge in [0.2, 0.25) is 0 Å². The molecule has 1 amide bonds. The quantitative estimate of drug-likeness (QED) is 0.476. The maximum absolute atomic E-state index is 11.4. The van der Waals surface area contributed by atoms with Gasteiger partial charge >= 0.3 is 0 Å². The smallest absolute Gasteiger partial charge is 0.269 e. The van der Waals surface area contributed by atoms with Gasteiger partial charge in [-0.1, -0.05) is 51.3 Å². The normalized spacial score (nSPS) is 12.2. The van der Waals surface area contributed by atoms with Gasteiger partial charge in [0.1, 0.15) is 0 Å². The Bertz CT molecular complexity index is 454. The number of alkyl halides is 3. The van der Waals surface area contributed by atoms with Crippen molar-refractivity contribution in [3.8, 4) is 0 Å². The van der Waals surface area contributed by atoms with E-state index in [1.54, 1.807) is 12.1 Å². The number of nitro groups is 1. The summed E-state index contributed by atoms with van der Waals surface area (Å²) in [5, 5.41) is 13.7. The lowest BCUT2D eigenvalue weighted by atomic mass is 10.1. The van der Waals surface area contributed by atoms with Gasteiger partial charge in [-0.05, 0) is 12.0 Å². The predicted molar refractivity (Wildman–Crippen MR) is 78.0 cm³/mol. The molecule has 8 heteroatoms. The molecule has 0 aliphatic heterocycles. The Morgan fingerprint density at radius 3 is 2.37 bits per heavy atom. The van der Waals surface area contributed by atoms with Gasteiger partial charge in [-0.3, -0.25) is 14.9 Å². The lowest BCUT2D eigenvalue weighted by molar-refractivity contribution is -0.384. The molecular formula is C11H11BrCl2N2O3. The van der Waals surface area contributed by atoms with Gasteiger partial charge < -0.3 is 5.32 Å². The molecule has 0 bridgehead atoms. The summed E-state index contributed by atoms with van der Waals surface area (Å²) in [5.74, 6) is -0.463. The lowest BCUT2D eigenvalue weighted by Crippen LogP contribution is -2.40. The van der Waals surface area contributed by atoms with E-state index < -0.39 is 15.7 Å². The minimum Gasteiger partial charge on any atom is -0.350 e. The molecule has 0 heterocycles. The van der Waals surface area contributed by atoms with Crippen LogP contribution in [0.3, 0.4) is 0 Å². The zero-order chi connectivity index (χ0) is 14.4. The summed E-state index contributed by atoms with van der Waals surface area (Å²) in [5.41, 5.74) is 0.904. The van der Waals surface area contributed by atoms with Crippen molar-refractivity contribution in [1.29, 1.82) is 0 Å². The number of nitrogens with one attached hydrogen (secondary N) is 1. The van der Waals surface area contributed by atoms with Gasteiger partial charge in [0, 0.05) is 23.5 Å². The Labute approximate surface area is 128 Å². The summed E-state index contributed by atoms with van der Waals surface area (Å²) in [7, 11) is 0. The minimum absolute atomic E-state index is 0.0322. The molecule has 1 rings (SSSR count). The zero-order valence-corrected chi connectivity index (χ0v) is 12.8. The SMILES string of the molecule is O=C(NC(CBr)Cc1ccc([N+](=O)[O-])cc1)C(Cl)Cl. The van der Waals surface area contributed by atoms with Crippen LogP contribution in [0.5, 0.6) is 0 Å². The highest BCUT2D eigenvalue weighted by Crippen LogP contribution is 2.14. The van der Waals surface area contributed by atoms with E-state index >= 15 is 0 Å². The summed E-state index contributed by atoms with van der Waals surface area (Å²) in [6.07, 6.45) is 0.523. The molecule has 19 heavy (non-hydrogen) atoms. The maximum Gasteiger partial charge on any atom is 0.269 e. The van der Waals surface area contributed by atoms with Crippen LogP contribution in [-0.4, -0.2) is 27.0 Å². The van der Waals surface area contributed by atoms with Crippen molar-refractivity contribution in [2.24, 2.45) is 0 Å². The predicted octanol–water partition coefficient (Wildman–Crippen LogP) is 2.82. The van der Waals surface area contributed by atoms with Gasteiger partial charge in [0.25, 0.3) is 11.6 Å². The number of nitro benzene ring substituents is 1. The second kappa shape index (κ2) is 7.67. The van der Waals surface area contributed by atoms with Gasteiger partial charge in [-0.15, -0.1) is 0 Å². The third-order valence-electron chi connectivity index (χ3n) is 2.36. The van der Waals surface area contributed by atoms with E-state index in [9.17, 15) is 14.9 Å². The van der Waals surface area contributed by atoms with Crippen LogP contribution in [0.2, 0.25) is 0 Å². The maximum atomic E-state index is 11.4. The Morgan fingerprint density at radius 2 is 1.95 bits per heavy atom. The second-order valence-corrected chi connectivity index (χ2v) is 5.53. The number of hydrogen-bond donors (Lipinski definition) is 1. The van der Waals surface area contributed by atoms with Crippen LogP contribution in [0.15, 0.2) is 24.3 Å². The summed E-state index contributed by atoms with van der Waals surface area (Å²) in [4.78, 5) is 20.3. The highest BCUT2D eigenvalue weighted by atomic mass is 79.9. The Kier molecular flexibility index (Phi) is 6.54. The average molecular weight is 370 g/mol. The Balaban J connectivity index is 2.65. The number of hydrogen-bond acceptors (Lipinski definition) is 3. The van der Waals surface area contributed by atoms with E-state index in [1.807, 2.05) is 0 Å². The van der Waals surface area contributed by atoms with Gasteiger partial charge in [0.15, 0.2) is 4.84 Å². The van der Waals surface area contributed by atoms with E-state index in [0.29, 0.717) is 11.8 Å². The fourth-order valence-corrected chi connectivity index (χ4v) is 1.96. The number of non-ortho nitro benzene ring substituents is 1. The Hall–Kier alpha value is -0.850. The van der Waals surface area contributed by atoms with Crippen molar-refractivity contribution in [3.63, 3.8) is 0 Å². The van der Waals surface area contributed by atoms with E-state index in [-0.39, 0.29) is 11.7 Å². The summed E-state index contributed by atoms with van der Waals surface area (Å²) in [6, 6.07) is 5.97. The standard InChI is InChI=1S/C11H11BrCl2N2O3/c12-6-8(15-11(17)10(13)14)5-7-1-3-9(4-2-7)16(18)19/h1-4,8,10H,5-6H2,(H,15,17). The molecule has 1 aromatic carbocycles. The first-order valence-electron chi connectivity index (χ1n) is 5.32. The molecule has 0 fully saturated rings. The summed E-state index contributed by atoms with van der Waals surface area (Å²) < 4.78 is 0. The third kappa shape index (κ3) is 5.34. The number of halogens is 3. The molecule has 1 aromatic rings. The number of rotatable bonds is 6. The first-order chi connectivity index (χ1) is 8.93. The first kappa shape index (κ1) is 16.2. The van der Waals surface area contributed by atoms with Crippen LogP contribution < -0.4 is 5.32 Å². The topological polar surface area (TPSA) is 72.2 Å². The van der Waals surface area contributed by atoms with Crippen molar-refractivity contribution in [3.05, 3.63) is 39.9 Å². The number of nitrogens with zero attached hydrogens (tertiary/aromatic N) is 1. The molecule has 0 aliphatic carbocycles. The van der Waals surface area contributed by atoms with Crippen molar-refractivity contribution >= 4 is 50.7 Å². The van der Waals surface area contributed by atoms with E-state index in [0.717, 1.165) is 5.56 Å². The number of carbonyl (C=O) groups excluding carboxylic acids is 1. The van der Waals surface area contributed by atoms with Gasteiger partial charge in [-0.2, -0.15) is 0 Å². The molecule has 0 aliphatic rings. The summed E-state index contributed by atoms with van der Waals surface area (Å²) >= 11 is 14.2. The number of benzene rings is 1. The highest BCUT2D eigenvalue weighted by molar-refractivity contribution is 9.09. The Morgan fingerprint density at radius 1 is 1.37 bits per heavy atom. The number of amides is 1. The van der Waals surface area contributed by atoms with Crippen LogP contribution in [0, 0.1) is 10.1 Å². The molecule has 1 unspecified atom stereocenters. The molecule has 0 saturated heterocycles. The fourth-order valence-electron chi connectivity index (χ4n) is 1.45. The van der Waals surface area contributed by atoms with Crippen molar-refractivity contribution in [1.82, 2.24) is 5.32 Å².